The average molecular weight is 739 g/mol. The molecule has 280 valence electrons. The van der Waals surface area contributed by atoms with Gasteiger partial charge in [0.1, 0.15) is 23.3 Å². The molecular formula is C38H46N2O11S. The molecule has 0 radical (unpaired) electrons. The van der Waals surface area contributed by atoms with Crippen molar-refractivity contribution in [3.8, 4) is 17.2 Å². The first-order valence-corrected chi connectivity index (χ1v) is 17.9. The van der Waals surface area contributed by atoms with Crippen molar-refractivity contribution in [2.24, 2.45) is 23.7 Å². The summed E-state index contributed by atoms with van der Waals surface area (Å²) in [6.07, 6.45) is 3.93. The van der Waals surface area contributed by atoms with Crippen LogP contribution in [0, 0.1) is 30.6 Å². The number of phenols is 2. The number of ether oxygens (including phenoxy) is 4. The molecule has 9 atom stereocenters. The Balaban J connectivity index is 1.68. The van der Waals surface area contributed by atoms with E-state index in [0.717, 1.165) is 11.3 Å². The zero-order valence-electron chi connectivity index (χ0n) is 30.6. The van der Waals surface area contributed by atoms with Gasteiger partial charge in [0.05, 0.1) is 51.3 Å². The van der Waals surface area contributed by atoms with E-state index in [2.05, 4.69) is 10.3 Å². The van der Waals surface area contributed by atoms with Crippen molar-refractivity contribution in [2.75, 3.05) is 12.4 Å². The number of benzene rings is 2. The molecule has 0 saturated heterocycles. The summed E-state index contributed by atoms with van der Waals surface area (Å²) in [5, 5.41) is 48.5. The number of ketones is 1. The molecule has 0 saturated carbocycles. The molecule has 4 bridgehead atoms. The number of nitrogens with one attached hydrogen (secondary N) is 1. The Morgan fingerprint density at radius 2 is 1.69 bits per heavy atom. The molecule has 1 aromatic heterocycles. The number of aromatic nitrogens is 1. The third-order valence-electron chi connectivity index (χ3n) is 10.3. The van der Waals surface area contributed by atoms with Crippen molar-refractivity contribution in [3.05, 3.63) is 52.8 Å². The third kappa shape index (κ3) is 6.75. The number of esters is 1. The Labute approximate surface area is 305 Å². The second-order valence-electron chi connectivity index (χ2n) is 13.9. The largest absolute Gasteiger partial charge is 0.507 e. The number of nitrogens with zero attached hydrogens (tertiary/aromatic N) is 1. The zero-order chi connectivity index (χ0) is 38.4. The number of carbonyl (C=O) groups excluding carboxylic acids is 3. The lowest BCUT2D eigenvalue weighted by Crippen LogP contribution is -2.46. The predicted molar refractivity (Wildman–Crippen MR) is 195 cm³/mol. The third-order valence-corrected chi connectivity index (χ3v) is 11.1. The van der Waals surface area contributed by atoms with Crippen LogP contribution in [-0.4, -0.2) is 80.4 Å². The molecule has 0 fully saturated rings. The van der Waals surface area contributed by atoms with Gasteiger partial charge in [0.25, 0.3) is 11.7 Å². The van der Waals surface area contributed by atoms with Crippen LogP contribution in [0.1, 0.15) is 64.4 Å². The number of carbonyl (C=O) groups is 3. The van der Waals surface area contributed by atoms with Crippen LogP contribution >= 0.6 is 11.3 Å². The number of thiazole rings is 1. The van der Waals surface area contributed by atoms with Crippen LogP contribution in [0.3, 0.4) is 0 Å². The summed E-state index contributed by atoms with van der Waals surface area (Å²) < 4.78 is 23.9. The fourth-order valence-electron chi connectivity index (χ4n) is 7.06. The van der Waals surface area contributed by atoms with Crippen molar-refractivity contribution in [2.45, 2.75) is 85.6 Å². The molecule has 13 nitrogen and oxygen atoms in total. The molecule has 1 amide bonds. The van der Waals surface area contributed by atoms with Crippen LogP contribution in [0.25, 0.3) is 21.0 Å². The highest BCUT2D eigenvalue weighted by Gasteiger charge is 2.49. The number of methoxy groups -OCH3 is 1. The molecule has 2 aromatic carbocycles. The first-order chi connectivity index (χ1) is 24.4. The maximum absolute atomic E-state index is 14.2. The van der Waals surface area contributed by atoms with Crippen molar-refractivity contribution >= 4 is 55.7 Å². The molecule has 5 rings (SSSR count). The summed E-state index contributed by atoms with van der Waals surface area (Å²) >= 11 is 1.13. The Morgan fingerprint density at radius 3 is 2.35 bits per heavy atom. The molecule has 2 aliphatic heterocycles. The van der Waals surface area contributed by atoms with Crippen molar-refractivity contribution in [3.63, 3.8) is 0 Å². The Morgan fingerprint density at radius 1 is 1.00 bits per heavy atom. The predicted octanol–water partition coefficient (Wildman–Crippen LogP) is 5.66. The standard InChI is InChI=1S/C38H46N2O11S/c1-16-11-10-12-17(2)37(47)40-28-32(45)25-24(27-35(28)52-15-39-27)26-34(21(6)31(25)44)51-38(8,36(26)46)49-14-13-23(48-9)18(3)33(50-22(7)41)20(5)30(43)19(4)29(16)42/h10-16,18-20,23,29-30,33,42-45H,1-9H3,(H,40,47)/b11-10+,14-13+,17-12-. The van der Waals surface area contributed by atoms with Gasteiger partial charge in [0.2, 0.25) is 0 Å². The molecule has 5 N–H and O–H groups in total. The van der Waals surface area contributed by atoms with E-state index in [-0.39, 0.29) is 50.2 Å². The summed E-state index contributed by atoms with van der Waals surface area (Å²) in [6.45, 7) is 12.8. The number of hydrogen-bond donors (Lipinski definition) is 5. The molecule has 9 unspecified atom stereocenters. The molecule has 3 heterocycles. The van der Waals surface area contributed by atoms with Crippen LogP contribution in [0.2, 0.25) is 0 Å². The van der Waals surface area contributed by atoms with Crippen molar-refractivity contribution < 1.29 is 53.8 Å². The van der Waals surface area contributed by atoms with Crippen molar-refractivity contribution in [1.82, 2.24) is 4.98 Å². The van der Waals surface area contributed by atoms with Gasteiger partial charge in [-0.1, -0.05) is 45.9 Å². The van der Waals surface area contributed by atoms with Crippen LogP contribution in [-0.2, 0) is 23.8 Å². The second-order valence-corrected chi connectivity index (χ2v) is 14.7. The smallest absolute Gasteiger partial charge is 0.312 e. The molecule has 14 heteroatoms. The van der Waals surface area contributed by atoms with Crippen LogP contribution in [0.4, 0.5) is 5.69 Å². The van der Waals surface area contributed by atoms with Crippen LogP contribution in [0.15, 0.2) is 41.6 Å². The Kier molecular flexibility index (Phi) is 11.1. The first kappa shape index (κ1) is 38.7. The SMILES string of the molecule is COC1/C=C/OC2(C)Oc3c(C)c(O)c4c(O)c(c5scnc5c4c3C2=O)NC(=O)/C(C)=C\C=C\C(C)C(O)C(C)C(O)C(C)C(OC(C)=O)C1C. The van der Waals surface area contributed by atoms with Gasteiger partial charge in [-0.05, 0) is 19.9 Å². The number of aromatic hydroxyl groups is 2. The number of amides is 1. The summed E-state index contributed by atoms with van der Waals surface area (Å²) in [7, 11) is 1.46. The van der Waals surface area contributed by atoms with Gasteiger partial charge >= 0.3 is 11.8 Å². The number of Topliss-reactive ketones (excluding diaryl/α,β-unsaturated/α-hetero) is 1. The molecule has 52 heavy (non-hydrogen) atoms. The topological polar surface area (TPSA) is 194 Å². The van der Waals surface area contributed by atoms with E-state index >= 15 is 0 Å². The highest BCUT2D eigenvalue weighted by molar-refractivity contribution is 7.17. The van der Waals surface area contributed by atoms with E-state index in [0.29, 0.717) is 4.70 Å². The van der Waals surface area contributed by atoms with E-state index in [4.69, 9.17) is 18.9 Å². The maximum atomic E-state index is 14.2. The number of hydrogen-bond acceptors (Lipinski definition) is 13. The lowest BCUT2D eigenvalue weighted by Gasteiger charge is -2.38. The van der Waals surface area contributed by atoms with E-state index < -0.39 is 77.3 Å². The molecule has 0 aliphatic carbocycles. The van der Waals surface area contributed by atoms with Gasteiger partial charge in [0, 0.05) is 61.2 Å². The summed E-state index contributed by atoms with van der Waals surface area (Å²) in [5.74, 6) is -6.74. The van der Waals surface area contributed by atoms with Gasteiger partial charge < -0.3 is 44.7 Å². The fraction of sp³-hybridized carbons (Fsp3) is 0.474. The lowest BCUT2D eigenvalue weighted by atomic mass is 9.78. The number of fused-ring (bicyclic) bond motifs is 1. The molecule has 2 aliphatic rings. The quantitative estimate of drug-likeness (QED) is 0.160. The zero-order valence-corrected chi connectivity index (χ0v) is 31.4. The van der Waals surface area contributed by atoms with E-state index in [1.54, 1.807) is 52.8 Å². The summed E-state index contributed by atoms with van der Waals surface area (Å²) in [5.41, 5.74) is 2.23. The monoisotopic (exact) mass is 738 g/mol. The number of rotatable bonds is 2. The Bertz CT molecular complexity index is 2000. The van der Waals surface area contributed by atoms with E-state index in [1.807, 2.05) is 0 Å². The van der Waals surface area contributed by atoms with Gasteiger partial charge in [-0.3, -0.25) is 14.4 Å². The highest BCUT2D eigenvalue weighted by Crippen LogP contribution is 2.54. The minimum Gasteiger partial charge on any atom is -0.507 e. The second kappa shape index (κ2) is 14.9. The maximum Gasteiger partial charge on any atom is 0.312 e. The minimum atomic E-state index is -1.92. The van der Waals surface area contributed by atoms with Gasteiger partial charge in [-0.25, -0.2) is 4.98 Å². The highest BCUT2D eigenvalue weighted by atomic mass is 32.1. The molecule has 3 aromatic rings. The minimum absolute atomic E-state index is 0.0108. The van der Waals surface area contributed by atoms with Crippen LogP contribution in [0.5, 0.6) is 17.2 Å². The summed E-state index contributed by atoms with van der Waals surface area (Å²) in [6, 6.07) is 0. The molecular weight excluding hydrogens is 692 g/mol. The molecule has 0 spiro atoms. The average Bonchev–Trinajstić information content (AvgIpc) is 3.69. The number of phenolic OH excluding ortho intramolecular Hbond substituents is 2. The summed E-state index contributed by atoms with van der Waals surface area (Å²) in [4.78, 5) is 44.4. The van der Waals surface area contributed by atoms with Gasteiger partial charge in [0.15, 0.2) is 5.75 Å². The lowest BCUT2D eigenvalue weighted by molar-refractivity contribution is -0.160. The number of aliphatic hydroxyl groups is 2. The van der Waals surface area contributed by atoms with Crippen molar-refractivity contribution in [1.29, 1.82) is 0 Å². The van der Waals surface area contributed by atoms with E-state index in [9.17, 15) is 34.8 Å². The van der Waals surface area contributed by atoms with E-state index in [1.165, 1.54) is 45.7 Å². The number of anilines is 1. The normalized spacial score (nSPS) is 32.6. The number of allylic oxidation sites excluding steroid dienone is 2. The van der Waals surface area contributed by atoms with Gasteiger partial charge in [-0.2, -0.15) is 0 Å². The Hall–Kier alpha value is -4.50. The van der Waals surface area contributed by atoms with Gasteiger partial charge in [-0.15, -0.1) is 11.3 Å². The van der Waals surface area contributed by atoms with Crippen LogP contribution < -0.4 is 10.1 Å². The first-order valence-electron chi connectivity index (χ1n) is 17.0. The fourth-order valence-corrected chi connectivity index (χ4v) is 7.86. The number of aliphatic hydroxyl groups excluding tert-OH is 2.